The quantitative estimate of drug-likeness (QED) is 0.255. The molecular weight excluding hydrogens is 488 g/mol. The van der Waals surface area contributed by atoms with Crippen LogP contribution in [0.2, 0.25) is 0 Å². The molecule has 2 aliphatic rings. The van der Waals surface area contributed by atoms with E-state index in [1.165, 1.54) is 24.3 Å². The van der Waals surface area contributed by atoms with Crippen molar-refractivity contribution in [3.8, 4) is 16.9 Å². The van der Waals surface area contributed by atoms with Crippen LogP contribution in [0.3, 0.4) is 0 Å². The van der Waals surface area contributed by atoms with Gasteiger partial charge in [-0.3, -0.25) is 0 Å². The zero-order chi connectivity index (χ0) is 25.7. The zero-order valence-electron chi connectivity index (χ0n) is 20.9. The van der Waals surface area contributed by atoms with Crippen molar-refractivity contribution < 1.29 is 27.0 Å². The van der Waals surface area contributed by atoms with Crippen LogP contribution in [0.1, 0.15) is 63.9 Å². The average molecular weight is 523 g/mol. The Kier molecular flexibility index (Phi) is 9.40. The molecule has 1 aliphatic carbocycles. The molecule has 0 aromatic heterocycles. The maximum absolute atomic E-state index is 15.1. The lowest BCUT2D eigenvalue weighted by Gasteiger charge is -2.37. The first kappa shape index (κ1) is 27.1. The maximum atomic E-state index is 15.1. The molecule has 0 radical (unpaired) electrons. The van der Waals surface area contributed by atoms with Crippen LogP contribution in [-0.2, 0) is 4.74 Å². The number of halogens is 4. The van der Waals surface area contributed by atoms with Crippen LogP contribution in [-0.4, -0.2) is 24.4 Å². The summed E-state index contributed by atoms with van der Waals surface area (Å²) in [4.78, 5) is 0. The number of thioether (sulfide) groups is 1. The largest absolute Gasteiger partial charge is 0.491 e. The highest BCUT2D eigenvalue weighted by atomic mass is 32.2. The third-order valence-electron chi connectivity index (χ3n) is 7.51. The molecule has 2 nitrogen and oxygen atoms in total. The van der Waals surface area contributed by atoms with Crippen LogP contribution in [0.5, 0.6) is 5.75 Å². The molecule has 7 heteroatoms. The van der Waals surface area contributed by atoms with Crippen molar-refractivity contribution in [3.63, 3.8) is 0 Å². The highest BCUT2D eigenvalue weighted by molar-refractivity contribution is 7.99. The van der Waals surface area contributed by atoms with Crippen LogP contribution in [0, 0.1) is 35.1 Å². The van der Waals surface area contributed by atoms with Gasteiger partial charge >= 0.3 is 0 Å². The first-order chi connectivity index (χ1) is 17.4. The summed E-state index contributed by atoms with van der Waals surface area (Å²) in [6, 6.07) is 5.37. The summed E-state index contributed by atoms with van der Waals surface area (Å²) in [5.41, 5.74) is -0.00439. The molecule has 0 N–H and O–H groups in total. The molecule has 4 rings (SSSR count). The second-order valence-corrected chi connectivity index (χ2v) is 10.8. The lowest BCUT2D eigenvalue weighted by Crippen LogP contribution is -2.28. The van der Waals surface area contributed by atoms with Gasteiger partial charge in [-0.2, -0.15) is 4.39 Å². The summed E-state index contributed by atoms with van der Waals surface area (Å²) >= 11 is 1.89. The van der Waals surface area contributed by atoms with Crippen molar-refractivity contribution in [2.45, 2.75) is 63.7 Å². The van der Waals surface area contributed by atoms with E-state index in [1.807, 2.05) is 30.8 Å². The minimum absolute atomic E-state index is 0.0696. The lowest BCUT2D eigenvalue weighted by molar-refractivity contribution is 0.113. The topological polar surface area (TPSA) is 18.5 Å². The van der Waals surface area contributed by atoms with Gasteiger partial charge in [-0.15, -0.1) is 11.8 Å². The Labute approximate surface area is 215 Å². The smallest absolute Gasteiger partial charge is 0.201 e. The second kappa shape index (κ2) is 12.5. The van der Waals surface area contributed by atoms with Crippen molar-refractivity contribution in [2.24, 2.45) is 11.8 Å². The van der Waals surface area contributed by atoms with Crippen molar-refractivity contribution >= 4 is 11.8 Å². The van der Waals surface area contributed by atoms with Gasteiger partial charge in [0.05, 0.1) is 13.2 Å². The summed E-state index contributed by atoms with van der Waals surface area (Å²) in [6.07, 6.45) is 9.79. The fourth-order valence-electron chi connectivity index (χ4n) is 5.51. The number of hydrogen-bond donors (Lipinski definition) is 0. The molecule has 0 spiro atoms. The molecule has 0 amide bonds. The predicted octanol–water partition coefficient (Wildman–Crippen LogP) is 8.64. The minimum atomic E-state index is -1.24. The normalized spacial score (nSPS) is 24.8. The van der Waals surface area contributed by atoms with Crippen LogP contribution in [0.15, 0.2) is 36.4 Å². The van der Waals surface area contributed by atoms with Gasteiger partial charge in [0, 0.05) is 11.1 Å². The Hall–Kier alpha value is -1.99. The Balaban J connectivity index is 1.39. The third kappa shape index (κ3) is 5.94. The second-order valence-electron chi connectivity index (χ2n) is 9.62. The standard InChI is InChI=1S/C29H34F4O2S/c1-3-5-16-35-25-15-10-20(17-36-25)18-6-8-19(9-7-18)21-11-12-22(27(31)26(21)30)23-13-14-24(34-4-2)29(33)28(23)32/h3,5,11-14,18-20,25H,4,6-10,15-17H2,1-2H3/b5-3+/t18?,19?,20-,25?/m1/s1. The van der Waals surface area contributed by atoms with Crippen LogP contribution < -0.4 is 4.74 Å². The van der Waals surface area contributed by atoms with Crippen molar-refractivity contribution in [2.75, 3.05) is 19.0 Å². The molecule has 1 aliphatic heterocycles. The molecule has 1 heterocycles. The summed E-state index contributed by atoms with van der Waals surface area (Å²) in [5.74, 6) is -2.54. The van der Waals surface area contributed by atoms with Gasteiger partial charge in [0.25, 0.3) is 0 Å². The lowest BCUT2D eigenvalue weighted by atomic mass is 9.73. The Bertz CT molecular complexity index is 1060. The third-order valence-corrected chi connectivity index (χ3v) is 8.87. The molecule has 0 bridgehead atoms. The Morgan fingerprint density at radius 1 is 0.833 bits per heavy atom. The van der Waals surface area contributed by atoms with E-state index in [9.17, 15) is 8.78 Å². The molecule has 2 aromatic carbocycles. The van der Waals surface area contributed by atoms with Crippen molar-refractivity contribution in [1.82, 2.24) is 0 Å². The summed E-state index contributed by atoms with van der Waals surface area (Å²) < 4.78 is 70.0. The van der Waals surface area contributed by atoms with Gasteiger partial charge in [-0.1, -0.05) is 24.3 Å². The van der Waals surface area contributed by atoms with Gasteiger partial charge in [0.1, 0.15) is 5.44 Å². The molecule has 1 saturated carbocycles. The maximum Gasteiger partial charge on any atom is 0.201 e. The van der Waals surface area contributed by atoms with Crippen LogP contribution in [0.25, 0.3) is 11.1 Å². The number of allylic oxidation sites excluding steroid dienone is 1. The summed E-state index contributed by atoms with van der Waals surface area (Å²) in [6.45, 7) is 4.46. The Morgan fingerprint density at radius 2 is 1.50 bits per heavy atom. The van der Waals surface area contributed by atoms with E-state index in [4.69, 9.17) is 9.47 Å². The van der Waals surface area contributed by atoms with E-state index >= 15 is 8.78 Å². The number of ether oxygens (including phenoxy) is 2. The molecule has 2 atom stereocenters. The highest BCUT2D eigenvalue weighted by Crippen LogP contribution is 2.45. The van der Waals surface area contributed by atoms with E-state index in [0.29, 0.717) is 24.0 Å². The zero-order valence-corrected chi connectivity index (χ0v) is 21.7. The fraction of sp³-hybridized carbons (Fsp3) is 0.517. The Morgan fingerprint density at radius 3 is 2.14 bits per heavy atom. The van der Waals surface area contributed by atoms with Gasteiger partial charge in [0.15, 0.2) is 23.2 Å². The van der Waals surface area contributed by atoms with Crippen LogP contribution >= 0.6 is 11.8 Å². The molecular formula is C29H34F4O2S. The SMILES string of the molecule is C/C=C/COC1CC[C@@H](C2CCC(c3ccc(-c4ccc(OCC)c(F)c4F)c(F)c3F)CC2)CS1. The van der Waals surface area contributed by atoms with E-state index < -0.39 is 23.3 Å². The minimum Gasteiger partial charge on any atom is -0.491 e. The molecule has 196 valence electrons. The fourth-order valence-corrected chi connectivity index (χ4v) is 6.88. The first-order valence-electron chi connectivity index (χ1n) is 12.9. The van der Waals surface area contributed by atoms with Gasteiger partial charge < -0.3 is 9.47 Å². The first-order valence-corrected chi connectivity index (χ1v) is 13.9. The van der Waals surface area contributed by atoms with E-state index in [1.54, 1.807) is 6.92 Å². The molecule has 1 saturated heterocycles. The van der Waals surface area contributed by atoms with Crippen molar-refractivity contribution in [3.05, 3.63) is 65.2 Å². The number of benzene rings is 2. The molecule has 2 fully saturated rings. The van der Waals surface area contributed by atoms with E-state index in [0.717, 1.165) is 44.3 Å². The average Bonchev–Trinajstić information content (AvgIpc) is 2.90. The van der Waals surface area contributed by atoms with Crippen LogP contribution in [0.4, 0.5) is 17.6 Å². The van der Waals surface area contributed by atoms with Gasteiger partial charge in [-0.25, -0.2) is 13.2 Å². The molecule has 36 heavy (non-hydrogen) atoms. The van der Waals surface area contributed by atoms with E-state index in [2.05, 4.69) is 0 Å². The van der Waals surface area contributed by atoms with Crippen molar-refractivity contribution in [1.29, 1.82) is 0 Å². The summed E-state index contributed by atoms with van der Waals surface area (Å²) in [7, 11) is 0. The number of hydrogen-bond acceptors (Lipinski definition) is 3. The number of rotatable bonds is 8. The highest BCUT2D eigenvalue weighted by Gasteiger charge is 2.33. The molecule has 1 unspecified atom stereocenters. The van der Waals surface area contributed by atoms with Gasteiger partial charge in [-0.05, 0) is 93.6 Å². The van der Waals surface area contributed by atoms with E-state index in [-0.39, 0.29) is 34.8 Å². The molecule has 2 aromatic rings. The van der Waals surface area contributed by atoms with Gasteiger partial charge in [0.2, 0.25) is 5.82 Å². The summed E-state index contributed by atoms with van der Waals surface area (Å²) in [5, 5.41) is 0. The predicted molar refractivity (Wildman–Crippen MR) is 137 cm³/mol. The monoisotopic (exact) mass is 522 g/mol.